The zero-order chi connectivity index (χ0) is 10.6. The van der Waals surface area contributed by atoms with Crippen molar-refractivity contribution in [3.8, 4) is 0 Å². The Hall–Kier alpha value is -0.260. The van der Waals surface area contributed by atoms with Gasteiger partial charge in [0, 0.05) is 18.7 Å². The van der Waals surface area contributed by atoms with Gasteiger partial charge in [0.1, 0.15) is 0 Å². The van der Waals surface area contributed by atoms with Crippen LogP contribution in [0.3, 0.4) is 0 Å². The molecule has 0 amide bonds. The first-order valence-corrected chi connectivity index (χ1v) is 4.93. The monoisotopic (exact) mass is 208 g/mol. The van der Waals surface area contributed by atoms with Crippen molar-refractivity contribution in [2.75, 3.05) is 19.7 Å². The Morgan fingerprint density at radius 1 is 1.64 bits per heavy atom. The number of hydrogen-bond acceptors (Lipinski definition) is 3. The van der Waals surface area contributed by atoms with Crippen LogP contribution in [0.25, 0.3) is 0 Å². The number of alkyl halides is 2. The van der Waals surface area contributed by atoms with E-state index < -0.39 is 6.43 Å². The van der Waals surface area contributed by atoms with E-state index in [1.165, 1.54) is 0 Å². The van der Waals surface area contributed by atoms with E-state index in [4.69, 9.17) is 10.5 Å². The molecule has 0 bridgehead atoms. The zero-order valence-corrected chi connectivity index (χ0v) is 8.43. The Kier molecular flexibility index (Phi) is 4.22. The second-order valence-corrected chi connectivity index (χ2v) is 3.89. The van der Waals surface area contributed by atoms with E-state index in [-0.39, 0.29) is 18.2 Å². The van der Waals surface area contributed by atoms with Gasteiger partial charge >= 0.3 is 0 Å². The lowest BCUT2D eigenvalue weighted by atomic mass is 9.87. The first-order valence-electron chi connectivity index (χ1n) is 4.93. The molecule has 2 unspecified atom stereocenters. The summed E-state index contributed by atoms with van der Waals surface area (Å²) in [4.78, 5) is 0. The average molecular weight is 208 g/mol. The number of halogens is 2. The van der Waals surface area contributed by atoms with Gasteiger partial charge in [0.25, 0.3) is 6.43 Å². The lowest BCUT2D eigenvalue weighted by Gasteiger charge is -2.40. The molecule has 0 aromatic carbocycles. The van der Waals surface area contributed by atoms with Gasteiger partial charge in [-0.2, -0.15) is 0 Å². The molecule has 2 atom stereocenters. The number of nitrogens with two attached hydrogens (primary N) is 1. The molecule has 84 valence electrons. The highest BCUT2D eigenvalue weighted by Gasteiger charge is 2.34. The lowest BCUT2D eigenvalue weighted by molar-refractivity contribution is -0.0205. The van der Waals surface area contributed by atoms with Crippen molar-refractivity contribution in [2.45, 2.75) is 37.8 Å². The van der Waals surface area contributed by atoms with Crippen molar-refractivity contribution in [1.82, 2.24) is 5.32 Å². The maximum Gasteiger partial charge on any atom is 0.250 e. The summed E-state index contributed by atoms with van der Waals surface area (Å²) >= 11 is 0. The Labute approximate surface area is 83.0 Å². The quantitative estimate of drug-likeness (QED) is 0.716. The van der Waals surface area contributed by atoms with Crippen LogP contribution in [-0.4, -0.2) is 37.8 Å². The maximum absolute atomic E-state index is 12.1. The van der Waals surface area contributed by atoms with Crippen LogP contribution in [0, 0.1) is 0 Å². The van der Waals surface area contributed by atoms with Crippen LogP contribution in [0.15, 0.2) is 0 Å². The third-order valence-electron chi connectivity index (χ3n) is 2.68. The zero-order valence-electron chi connectivity index (χ0n) is 8.43. The molecule has 0 aliphatic carbocycles. The minimum absolute atomic E-state index is 0.0949. The summed E-state index contributed by atoms with van der Waals surface area (Å²) < 4.78 is 29.5. The lowest BCUT2D eigenvalue weighted by Crippen LogP contribution is -2.57. The van der Waals surface area contributed by atoms with Crippen molar-refractivity contribution in [1.29, 1.82) is 0 Å². The molecule has 0 saturated carbocycles. The molecule has 1 aliphatic heterocycles. The first-order chi connectivity index (χ1) is 6.58. The number of nitrogens with one attached hydrogen (secondary N) is 1. The molecule has 0 radical (unpaired) electrons. The fraction of sp³-hybridized carbons (Fsp3) is 1.00. The second kappa shape index (κ2) is 5.00. The van der Waals surface area contributed by atoms with Crippen LogP contribution in [0.5, 0.6) is 0 Å². The standard InChI is InChI=1S/C9H18F2N2O/c1-7-4-9(6-12,2-3-14-7)13-5-8(10)11/h7-8,13H,2-6,12H2,1H3. The van der Waals surface area contributed by atoms with Crippen LogP contribution >= 0.6 is 0 Å². The molecular weight excluding hydrogens is 190 g/mol. The van der Waals surface area contributed by atoms with Gasteiger partial charge in [-0.3, -0.25) is 0 Å². The summed E-state index contributed by atoms with van der Waals surface area (Å²) in [6, 6.07) is 0. The van der Waals surface area contributed by atoms with E-state index in [1.54, 1.807) is 0 Å². The van der Waals surface area contributed by atoms with Crippen molar-refractivity contribution < 1.29 is 13.5 Å². The van der Waals surface area contributed by atoms with Crippen LogP contribution in [0.4, 0.5) is 8.78 Å². The Morgan fingerprint density at radius 2 is 2.36 bits per heavy atom. The predicted molar refractivity (Wildman–Crippen MR) is 50.4 cm³/mol. The van der Waals surface area contributed by atoms with Crippen molar-refractivity contribution in [3.05, 3.63) is 0 Å². The molecule has 0 spiro atoms. The summed E-state index contributed by atoms with van der Waals surface area (Å²) in [6.07, 6.45) is -0.814. The van der Waals surface area contributed by atoms with E-state index in [2.05, 4.69) is 5.32 Å². The molecule has 1 aliphatic rings. The summed E-state index contributed by atoms with van der Waals surface area (Å²) in [5.74, 6) is 0. The van der Waals surface area contributed by atoms with Crippen LogP contribution in [0.2, 0.25) is 0 Å². The number of ether oxygens (including phenoxy) is 1. The average Bonchev–Trinajstić information content (AvgIpc) is 2.15. The van der Waals surface area contributed by atoms with Gasteiger partial charge in [0.15, 0.2) is 0 Å². The van der Waals surface area contributed by atoms with Gasteiger partial charge in [0.2, 0.25) is 0 Å². The van der Waals surface area contributed by atoms with Gasteiger partial charge < -0.3 is 15.8 Å². The first kappa shape index (κ1) is 11.8. The Morgan fingerprint density at radius 3 is 2.86 bits per heavy atom. The predicted octanol–water partition coefficient (Wildman–Crippen LogP) is 0.737. The fourth-order valence-corrected chi connectivity index (χ4v) is 1.88. The highest BCUT2D eigenvalue weighted by Crippen LogP contribution is 2.23. The highest BCUT2D eigenvalue weighted by atomic mass is 19.3. The molecule has 1 heterocycles. The topological polar surface area (TPSA) is 47.3 Å². The molecule has 1 fully saturated rings. The smallest absolute Gasteiger partial charge is 0.250 e. The van der Waals surface area contributed by atoms with E-state index in [0.717, 1.165) is 0 Å². The Bertz CT molecular complexity index is 180. The minimum atomic E-state index is -2.32. The SMILES string of the molecule is CC1CC(CN)(NCC(F)F)CCO1. The van der Waals surface area contributed by atoms with Gasteiger partial charge in [-0.15, -0.1) is 0 Å². The van der Waals surface area contributed by atoms with Gasteiger partial charge in [-0.05, 0) is 19.8 Å². The third-order valence-corrected chi connectivity index (χ3v) is 2.68. The molecule has 5 heteroatoms. The van der Waals surface area contributed by atoms with Crippen molar-refractivity contribution in [2.24, 2.45) is 5.73 Å². The van der Waals surface area contributed by atoms with Crippen molar-refractivity contribution >= 4 is 0 Å². The Balaban J connectivity index is 2.47. The normalized spacial score (nSPS) is 33.6. The number of rotatable bonds is 4. The molecule has 3 N–H and O–H groups in total. The summed E-state index contributed by atoms with van der Waals surface area (Å²) in [7, 11) is 0. The third kappa shape index (κ3) is 3.15. The van der Waals surface area contributed by atoms with Gasteiger partial charge in [-0.25, -0.2) is 8.78 Å². The summed E-state index contributed by atoms with van der Waals surface area (Å²) in [5, 5.41) is 2.86. The van der Waals surface area contributed by atoms with E-state index in [9.17, 15) is 8.78 Å². The molecule has 0 aromatic rings. The van der Waals surface area contributed by atoms with E-state index >= 15 is 0 Å². The summed E-state index contributed by atoms with van der Waals surface area (Å²) in [5.41, 5.74) is 5.27. The van der Waals surface area contributed by atoms with Crippen LogP contribution < -0.4 is 11.1 Å². The van der Waals surface area contributed by atoms with E-state index in [1.807, 2.05) is 6.92 Å². The minimum Gasteiger partial charge on any atom is -0.378 e. The highest BCUT2D eigenvalue weighted by molar-refractivity contribution is 4.93. The summed E-state index contributed by atoms with van der Waals surface area (Å²) in [6.45, 7) is 2.62. The largest absolute Gasteiger partial charge is 0.378 e. The molecule has 3 nitrogen and oxygen atoms in total. The van der Waals surface area contributed by atoms with E-state index in [0.29, 0.717) is 26.0 Å². The van der Waals surface area contributed by atoms with Gasteiger partial charge in [0.05, 0.1) is 12.6 Å². The fourth-order valence-electron chi connectivity index (χ4n) is 1.88. The maximum atomic E-state index is 12.1. The number of hydrogen-bond donors (Lipinski definition) is 2. The van der Waals surface area contributed by atoms with Crippen LogP contribution in [0.1, 0.15) is 19.8 Å². The molecular formula is C9H18F2N2O. The van der Waals surface area contributed by atoms with Crippen molar-refractivity contribution in [3.63, 3.8) is 0 Å². The molecule has 1 saturated heterocycles. The molecule has 14 heavy (non-hydrogen) atoms. The van der Waals surface area contributed by atoms with Gasteiger partial charge in [-0.1, -0.05) is 0 Å². The van der Waals surface area contributed by atoms with Crippen LogP contribution in [-0.2, 0) is 4.74 Å². The molecule has 0 aromatic heterocycles. The molecule has 1 rings (SSSR count). The second-order valence-electron chi connectivity index (χ2n) is 3.89.